The first-order valence-corrected chi connectivity index (χ1v) is 10.1. The zero-order valence-electron chi connectivity index (χ0n) is 14.7. The molecule has 3 N–H and O–H groups in total. The Labute approximate surface area is 172 Å². The van der Waals surface area contributed by atoms with E-state index >= 15 is 0 Å². The number of thiazole rings is 1. The summed E-state index contributed by atoms with van der Waals surface area (Å²) in [6.07, 6.45) is 0. The lowest BCUT2D eigenvalue weighted by molar-refractivity contribution is -0.137. The van der Waals surface area contributed by atoms with Gasteiger partial charge in [-0.2, -0.15) is 0 Å². The number of hydrogen-bond acceptors (Lipinski definition) is 10. The molecule has 1 aliphatic rings. The third kappa shape index (κ3) is 5.56. The first kappa shape index (κ1) is 21.9. The average molecular weight is 450 g/mol. The van der Waals surface area contributed by atoms with Crippen molar-refractivity contribution in [1.82, 2.24) is 15.6 Å². The number of amides is 3. The minimum Gasteiger partial charge on any atom is -0.468 e. The molecule has 0 unspecified atom stereocenters. The van der Waals surface area contributed by atoms with E-state index in [9.17, 15) is 19.2 Å². The molecule has 1 aromatic heterocycles. The number of carbonyl (C=O) groups is 4. The number of alkyl halides is 1. The van der Waals surface area contributed by atoms with E-state index in [1.165, 1.54) is 19.6 Å². The van der Waals surface area contributed by atoms with Gasteiger partial charge in [-0.1, -0.05) is 5.16 Å². The van der Waals surface area contributed by atoms with E-state index in [1.807, 2.05) is 0 Å². The van der Waals surface area contributed by atoms with Crippen LogP contribution in [-0.2, 0) is 28.8 Å². The van der Waals surface area contributed by atoms with Gasteiger partial charge in [0.1, 0.15) is 30.1 Å². The highest BCUT2D eigenvalue weighted by Crippen LogP contribution is 2.21. The molecule has 28 heavy (non-hydrogen) atoms. The Morgan fingerprint density at radius 2 is 2.18 bits per heavy atom. The van der Waals surface area contributed by atoms with Gasteiger partial charge in [-0.15, -0.1) is 34.7 Å². The van der Waals surface area contributed by atoms with Crippen LogP contribution in [0.1, 0.15) is 5.69 Å². The number of thioether (sulfide) groups is 1. The predicted molar refractivity (Wildman–Crippen MR) is 103 cm³/mol. The standard InChI is InChI=1S/C14H16ClN5O6S2/c1-25-8(22)5-27-13-10(12(24)19-13)18-11(23)9(20-26-2)6-4-28-14(16-6)17-7(21)3-15/h4,10,13H,3,5H2,1-2H3,(H,18,23)(H,19,24)(H,16,17,21)/t10-,13+/m1/s1. The third-order valence-electron chi connectivity index (χ3n) is 3.28. The fourth-order valence-corrected chi connectivity index (χ4v) is 3.74. The number of carbonyl (C=O) groups excluding carboxylic acids is 4. The number of hydrogen-bond donors (Lipinski definition) is 3. The van der Waals surface area contributed by atoms with Gasteiger partial charge in [0.05, 0.1) is 12.9 Å². The lowest BCUT2D eigenvalue weighted by atomic mass is 10.1. The van der Waals surface area contributed by atoms with Crippen LogP contribution >= 0.6 is 34.7 Å². The molecule has 1 aliphatic heterocycles. The number of oxime groups is 1. The van der Waals surface area contributed by atoms with Gasteiger partial charge in [0.25, 0.3) is 5.91 Å². The first-order chi connectivity index (χ1) is 13.4. The Balaban J connectivity index is 2.04. The molecule has 0 saturated carbocycles. The van der Waals surface area contributed by atoms with Gasteiger partial charge in [0.2, 0.25) is 11.8 Å². The minimum atomic E-state index is -0.863. The number of nitrogens with zero attached hydrogens (tertiary/aromatic N) is 2. The Bertz CT molecular complexity index is 801. The van der Waals surface area contributed by atoms with Crippen LogP contribution in [0, 0.1) is 0 Å². The van der Waals surface area contributed by atoms with Crippen LogP contribution in [-0.4, -0.2) is 71.7 Å². The SMILES string of the molecule is CON=C(C(=O)N[C@@H]1C(=O)N[C@H]1SCC(=O)OC)c1csc(NC(=O)CCl)n1. The Hall–Kier alpha value is -2.38. The molecule has 2 rings (SSSR count). The fourth-order valence-electron chi connectivity index (χ4n) is 1.95. The number of methoxy groups -OCH3 is 1. The van der Waals surface area contributed by atoms with Crippen LogP contribution in [0.25, 0.3) is 0 Å². The maximum Gasteiger partial charge on any atom is 0.315 e. The Morgan fingerprint density at radius 3 is 2.79 bits per heavy atom. The summed E-state index contributed by atoms with van der Waals surface area (Å²) >= 11 is 7.60. The molecular formula is C14H16ClN5O6S2. The largest absolute Gasteiger partial charge is 0.468 e. The molecule has 3 amide bonds. The van der Waals surface area contributed by atoms with Gasteiger partial charge in [-0.25, -0.2) is 4.98 Å². The van der Waals surface area contributed by atoms with E-state index in [4.69, 9.17) is 11.6 Å². The van der Waals surface area contributed by atoms with Gasteiger partial charge < -0.3 is 25.5 Å². The molecule has 0 aromatic carbocycles. The summed E-state index contributed by atoms with van der Waals surface area (Å²) in [5.74, 6) is -2.23. The number of β-lactam (4-membered cyclic amide) rings is 1. The van der Waals surface area contributed by atoms with Crippen molar-refractivity contribution in [1.29, 1.82) is 0 Å². The van der Waals surface area contributed by atoms with E-state index in [0.717, 1.165) is 23.1 Å². The number of ether oxygens (including phenoxy) is 1. The summed E-state index contributed by atoms with van der Waals surface area (Å²) in [7, 11) is 2.51. The van der Waals surface area contributed by atoms with Gasteiger partial charge in [-0.3, -0.25) is 19.2 Å². The van der Waals surface area contributed by atoms with E-state index < -0.39 is 35.1 Å². The second-order valence-electron chi connectivity index (χ2n) is 5.11. The molecule has 1 fully saturated rings. The van der Waals surface area contributed by atoms with Crippen LogP contribution in [0.2, 0.25) is 0 Å². The number of aromatic nitrogens is 1. The number of rotatable bonds is 9. The van der Waals surface area contributed by atoms with E-state index in [0.29, 0.717) is 0 Å². The molecule has 0 aliphatic carbocycles. The number of halogens is 1. The highest BCUT2D eigenvalue weighted by atomic mass is 35.5. The van der Waals surface area contributed by atoms with Crippen LogP contribution in [0.3, 0.4) is 0 Å². The highest BCUT2D eigenvalue weighted by molar-refractivity contribution is 8.00. The van der Waals surface area contributed by atoms with Crippen LogP contribution in [0.5, 0.6) is 0 Å². The zero-order chi connectivity index (χ0) is 20.7. The predicted octanol–water partition coefficient (Wildman–Crippen LogP) is -0.482. The quantitative estimate of drug-likeness (QED) is 0.150. The van der Waals surface area contributed by atoms with E-state index in [-0.39, 0.29) is 28.2 Å². The van der Waals surface area contributed by atoms with E-state index in [1.54, 1.807) is 0 Å². The summed E-state index contributed by atoms with van der Waals surface area (Å²) in [5.41, 5.74) is -0.0331. The summed E-state index contributed by atoms with van der Waals surface area (Å²) in [6.45, 7) is 0. The second kappa shape index (κ2) is 10.2. The van der Waals surface area contributed by atoms with Gasteiger partial charge in [-0.05, 0) is 0 Å². The monoisotopic (exact) mass is 449 g/mol. The molecule has 152 valence electrons. The van der Waals surface area contributed by atoms with Crippen molar-refractivity contribution in [2.24, 2.45) is 5.16 Å². The zero-order valence-corrected chi connectivity index (χ0v) is 17.1. The van der Waals surface area contributed by atoms with E-state index in [2.05, 4.69) is 35.7 Å². The Morgan fingerprint density at radius 1 is 1.43 bits per heavy atom. The van der Waals surface area contributed by atoms with Gasteiger partial charge in [0, 0.05) is 5.38 Å². The number of esters is 1. The maximum absolute atomic E-state index is 12.6. The highest BCUT2D eigenvalue weighted by Gasteiger charge is 2.42. The maximum atomic E-state index is 12.6. The fraction of sp³-hybridized carbons (Fsp3) is 0.429. The summed E-state index contributed by atoms with van der Waals surface area (Å²) in [6, 6.07) is -0.863. The first-order valence-electron chi connectivity index (χ1n) is 7.62. The van der Waals surface area contributed by atoms with Crippen LogP contribution < -0.4 is 16.0 Å². The topological polar surface area (TPSA) is 148 Å². The second-order valence-corrected chi connectivity index (χ2v) is 7.36. The molecule has 2 atom stereocenters. The molecule has 2 heterocycles. The molecule has 14 heteroatoms. The third-order valence-corrected chi connectivity index (χ3v) is 5.43. The molecule has 0 bridgehead atoms. The summed E-state index contributed by atoms with van der Waals surface area (Å²) in [4.78, 5) is 55.7. The lowest BCUT2D eigenvalue weighted by Crippen LogP contribution is -2.68. The smallest absolute Gasteiger partial charge is 0.315 e. The van der Waals surface area contributed by atoms with Crippen LogP contribution in [0.4, 0.5) is 5.13 Å². The van der Waals surface area contributed by atoms with Crippen molar-refractivity contribution >= 4 is 69.2 Å². The van der Waals surface area contributed by atoms with Crippen molar-refractivity contribution in [3.63, 3.8) is 0 Å². The number of nitrogens with one attached hydrogen (secondary N) is 3. The molecule has 0 spiro atoms. The summed E-state index contributed by atoms with van der Waals surface area (Å²) in [5, 5.41) is 12.4. The Kier molecular flexibility index (Phi) is 8.02. The van der Waals surface area contributed by atoms with Crippen LogP contribution in [0.15, 0.2) is 10.5 Å². The number of anilines is 1. The van der Waals surface area contributed by atoms with Gasteiger partial charge >= 0.3 is 5.97 Å². The molecule has 1 saturated heterocycles. The average Bonchev–Trinajstić information content (AvgIpc) is 3.14. The molecular weight excluding hydrogens is 434 g/mol. The van der Waals surface area contributed by atoms with Gasteiger partial charge in [0.15, 0.2) is 10.8 Å². The molecule has 0 radical (unpaired) electrons. The van der Waals surface area contributed by atoms with Crippen molar-refractivity contribution in [3.05, 3.63) is 11.1 Å². The molecule has 1 aromatic rings. The summed E-state index contributed by atoms with van der Waals surface area (Å²) < 4.78 is 4.54. The van der Waals surface area contributed by atoms with Crippen molar-refractivity contribution in [2.45, 2.75) is 11.4 Å². The normalized spacial score (nSPS) is 18.5. The minimum absolute atomic E-state index is 0.0164. The molecule has 11 nitrogen and oxygen atoms in total. The van der Waals surface area contributed by atoms with Crippen molar-refractivity contribution < 1.29 is 28.8 Å². The van der Waals surface area contributed by atoms with Crippen molar-refractivity contribution in [2.75, 3.05) is 31.2 Å². The van der Waals surface area contributed by atoms with Crippen molar-refractivity contribution in [3.8, 4) is 0 Å². The lowest BCUT2D eigenvalue weighted by Gasteiger charge is -2.36.